The van der Waals surface area contributed by atoms with Crippen molar-refractivity contribution in [3.63, 3.8) is 0 Å². The van der Waals surface area contributed by atoms with E-state index in [-0.39, 0.29) is 64.9 Å². The predicted molar refractivity (Wildman–Crippen MR) is 276 cm³/mol. The fraction of sp³-hybridized carbons (Fsp3) is 0.737. The van der Waals surface area contributed by atoms with Crippen molar-refractivity contribution in [2.75, 3.05) is 26.4 Å². The van der Waals surface area contributed by atoms with Gasteiger partial charge in [0, 0.05) is 50.9 Å². The van der Waals surface area contributed by atoms with Gasteiger partial charge in [-0.3, -0.25) is 18.6 Å². The van der Waals surface area contributed by atoms with Crippen LogP contribution in [0.15, 0.2) is 65.6 Å². The summed E-state index contributed by atoms with van der Waals surface area (Å²) in [6.07, 6.45) is 27.4. The largest absolute Gasteiger partial charge is 0.463 e. The molecular weight excluding hydrogens is 925 g/mol. The highest BCUT2D eigenvalue weighted by Crippen LogP contribution is 2.44. The van der Waals surface area contributed by atoms with E-state index in [9.17, 15) is 27.9 Å². The lowest BCUT2D eigenvalue weighted by atomic mass is 9.85. The van der Waals surface area contributed by atoms with Gasteiger partial charge in [0.1, 0.15) is 0 Å². The van der Waals surface area contributed by atoms with E-state index in [1.807, 2.05) is 46.8 Å². The number of rotatable bonds is 31. The van der Waals surface area contributed by atoms with Crippen LogP contribution in [0.25, 0.3) is 0 Å². The lowest BCUT2D eigenvalue weighted by Gasteiger charge is -2.31. The molecule has 0 unspecified atom stereocenters. The van der Waals surface area contributed by atoms with Gasteiger partial charge in [0.15, 0.2) is 17.4 Å². The molecule has 2 heterocycles. The smallest absolute Gasteiger partial charge is 0.306 e. The first kappa shape index (κ1) is 60.3. The van der Waals surface area contributed by atoms with Gasteiger partial charge in [-0.15, -0.1) is 0 Å². The maximum atomic E-state index is 13.2. The second-order valence-corrected chi connectivity index (χ2v) is 22.1. The first-order valence-electron chi connectivity index (χ1n) is 27.2. The SMILES string of the molecule is CCCCCC1(CC[C@@H]2[C@@H](C/C=C\CCCC(=O)OC(C)C)[C@@H](O)C[C@H]2OS(=O)(=O)c2ccc(C)cc2)OCCO1.CCCCCC1(CC[C@H]2C=CC(=O)[C@@H]2C/C=C\CCCC(=O)OC(C)C)OCCO1. The van der Waals surface area contributed by atoms with Gasteiger partial charge in [0.25, 0.3) is 10.1 Å². The van der Waals surface area contributed by atoms with Gasteiger partial charge in [-0.05, 0) is 135 Å². The molecule has 2 aliphatic carbocycles. The highest BCUT2D eigenvalue weighted by molar-refractivity contribution is 7.86. The summed E-state index contributed by atoms with van der Waals surface area (Å²) in [5.41, 5.74) is 0.965. The van der Waals surface area contributed by atoms with Gasteiger partial charge in [-0.2, -0.15) is 8.42 Å². The Kier molecular flexibility index (Phi) is 26.7. The van der Waals surface area contributed by atoms with E-state index < -0.39 is 33.9 Å². The zero-order chi connectivity index (χ0) is 51.7. The number of aliphatic hydroxyl groups excluding tert-OH is 1. The standard InChI is InChI=1S/C32H50O8S.C25H40O5/c1-5-6-11-19-32(37-21-22-38-32)20-18-28-27(12-9-7-8-10-13-31(34)39-24(2)3)29(33)23-30(28)40-41(35,36)26-16-14-25(4)15-17-26;1-4-5-10-16-25(28-18-19-29-25)17-15-21-13-14-23(26)22(21)11-8-6-7-9-12-24(27)30-20(2)3/h7,9,14-17,24,27-30,33H,5-6,8,10-13,18-23H2,1-4H3;6,8,13-14,20-22H,4-5,7,9-12,15-19H2,1-3H3/b9-7-;8-6-/t27-,28-,29+,30-;21-,22-/m11/s1. The third-order valence-electron chi connectivity index (χ3n) is 14.0. The van der Waals surface area contributed by atoms with Gasteiger partial charge in [-0.25, -0.2) is 0 Å². The molecule has 2 aliphatic heterocycles. The summed E-state index contributed by atoms with van der Waals surface area (Å²) < 4.78 is 66.8. The van der Waals surface area contributed by atoms with Gasteiger partial charge in [0.2, 0.25) is 0 Å². The number of aliphatic hydroxyl groups is 1. The Morgan fingerprint density at radius 1 is 0.704 bits per heavy atom. The molecule has 71 heavy (non-hydrogen) atoms. The van der Waals surface area contributed by atoms with Crippen LogP contribution in [-0.2, 0) is 57.1 Å². The van der Waals surface area contributed by atoms with Crippen LogP contribution in [0.4, 0.5) is 0 Å². The van der Waals surface area contributed by atoms with E-state index in [1.54, 1.807) is 30.3 Å². The summed E-state index contributed by atoms with van der Waals surface area (Å²) in [7, 11) is -4.00. The molecule has 1 saturated carbocycles. The second kappa shape index (κ2) is 31.5. The van der Waals surface area contributed by atoms with Crippen LogP contribution in [0.2, 0.25) is 0 Å². The van der Waals surface area contributed by atoms with Crippen LogP contribution in [0.3, 0.4) is 0 Å². The molecule has 0 spiro atoms. The Morgan fingerprint density at radius 2 is 1.21 bits per heavy atom. The number of ether oxygens (including phenoxy) is 6. The average molecular weight is 1020 g/mol. The zero-order valence-corrected chi connectivity index (χ0v) is 45.1. The topological polar surface area (TPSA) is 170 Å². The Balaban J connectivity index is 0.000000324. The molecule has 402 valence electrons. The number of ketones is 1. The van der Waals surface area contributed by atoms with Crippen LogP contribution in [0.5, 0.6) is 0 Å². The molecule has 0 bridgehead atoms. The Bertz CT molecular complexity index is 1910. The zero-order valence-electron chi connectivity index (χ0n) is 44.3. The maximum Gasteiger partial charge on any atom is 0.306 e. The van der Waals surface area contributed by atoms with Crippen molar-refractivity contribution < 1.29 is 60.5 Å². The molecule has 13 nitrogen and oxygen atoms in total. The van der Waals surface area contributed by atoms with Crippen LogP contribution >= 0.6 is 0 Å². The van der Waals surface area contributed by atoms with E-state index in [0.717, 1.165) is 82.6 Å². The summed E-state index contributed by atoms with van der Waals surface area (Å²) in [4.78, 5) is 35.8. The average Bonchev–Trinajstić information content (AvgIpc) is 4.12. The van der Waals surface area contributed by atoms with Crippen LogP contribution in [0.1, 0.15) is 182 Å². The van der Waals surface area contributed by atoms with Crippen LogP contribution in [-0.4, -0.2) is 93.7 Å². The predicted octanol–water partition coefficient (Wildman–Crippen LogP) is 11.8. The van der Waals surface area contributed by atoms with Crippen molar-refractivity contribution in [2.45, 2.75) is 224 Å². The van der Waals surface area contributed by atoms with Crippen LogP contribution < -0.4 is 0 Å². The van der Waals surface area contributed by atoms with E-state index in [0.29, 0.717) is 65.0 Å². The highest BCUT2D eigenvalue weighted by Gasteiger charge is 2.47. The molecule has 4 aliphatic rings. The van der Waals surface area contributed by atoms with Crippen molar-refractivity contribution in [3.05, 3.63) is 66.3 Å². The van der Waals surface area contributed by atoms with Crippen molar-refractivity contribution >= 4 is 27.8 Å². The maximum absolute atomic E-state index is 13.2. The molecule has 5 rings (SSSR count). The molecule has 6 atom stereocenters. The number of carbonyl (C=O) groups excluding carboxylic acids is 3. The van der Waals surface area contributed by atoms with Crippen molar-refractivity contribution in [3.8, 4) is 0 Å². The fourth-order valence-electron chi connectivity index (χ4n) is 10.2. The van der Waals surface area contributed by atoms with Crippen molar-refractivity contribution in [1.29, 1.82) is 0 Å². The molecule has 0 radical (unpaired) electrons. The molecule has 0 aromatic heterocycles. The van der Waals surface area contributed by atoms with Gasteiger partial charge in [0.05, 0.1) is 55.7 Å². The Hall–Kier alpha value is -3.24. The summed E-state index contributed by atoms with van der Waals surface area (Å²) >= 11 is 0. The number of hydrogen-bond acceptors (Lipinski definition) is 13. The highest BCUT2D eigenvalue weighted by atomic mass is 32.2. The molecule has 3 fully saturated rings. The number of aryl methyl sites for hydroxylation is 1. The minimum absolute atomic E-state index is 0.0150. The lowest BCUT2D eigenvalue weighted by Crippen LogP contribution is -2.33. The molecule has 1 aromatic carbocycles. The molecule has 2 saturated heterocycles. The van der Waals surface area contributed by atoms with Crippen molar-refractivity contribution in [1.82, 2.24) is 0 Å². The minimum Gasteiger partial charge on any atom is -0.463 e. The number of unbranched alkanes of at least 4 members (excludes halogenated alkanes) is 6. The third kappa shape index (κ3) is 21.3. The van der Waals surface area contributed by atoms with Crippen molar-refractivity contribution in [2.24, 2.45) is 23.7 Å². The third-order valence-corrected chi connectivity index (χ3v) is 15.3. The molecule has 1 N–H and O–H groups in total. The van der Waals surface area contributed by atoms with Crippen LogP contribution in [0, 0.1) is 30.6 Å². The molecule has 14 heteroatoms. The number of carbonyl (C=O) groups is 3. The second-order valence-electron chi connectivity index (χ2n) is 20.5. The van der Waals surface area contributed by atoms with E-state index in [4.69, 9.17) is 32.6 Å². The number of allylic oxidation sites excluding steroid dienone is 6. The normalized spacial score (nSPS) is 23.9. The monoisotopic (exact) mass is 1010 g/mol. The summed E-state index contributed by atoms with van der Waals surface area (Å²) in [6.45, 7) is 16.1. The Morgan fingerprint density at radius 3 is 1.72 bits per heavy atom. The minimum atomic E-state index is -4.00. The van der Waals surface area contributed by atoms with Gasteiger partial charge >= 0.3 is 11.9 Å². The van der Waals surface area contributed by atoms with Gasteiger partial charge < -0.3 is 33.5 Å². The van der Waals surface area contributed by atoms with Gasteiger partial charge in [-0.1, -0.05) is 87.6 Å². The van der Waals surface area contributed by atoms with E-state index >= 15 is 0 Å². The molecule has 1 aromatic rings. The summed E-state index contributed by atoms with van der Waals surface area (Å²) in [6, 6.07) is 6.63. The first-order valence-corrected chi connectivity index (χ1v) is 28.6. The summed E-state index contributed by atoms with van der Waals surface area (Å²) in [5.74, 6) is -1.31. The first-order chi connectivity index (χ1) is 34.0. The molecular formula is C57H90O13S. The van der Waals surface area contributed by atoms with E-state index in [1.165, 1.54) is 12.8 Å². The number of esters is 2. The lowest BCUT2D eigenvalue weighted by molar-refractivity contribution is -0.171. The van der Waals surface area contributed by atoms with E-state index in [2.05, 4.69) is 32.1 Å². The molecule has 0 amide bonds. The Labute approximate surface area is 427 Å². The fourth-order valence-corrected chi connectivity index (χ4v) is 11.3. The summed E-state index contributed by atoms with van der Waals surface area (Å²) in [5, 5.41) is 11.1. The number of benzene rings is 1. The quantitative estimate of drug-likeness (QED) is 0.0323. The number of hydrogen-bond donors (Lipinski definition) is 1.